The molecule has 4 saturated carbocycles. The first-order valence-electron chi connectivity index (χ1n) is 10.2. The standard InChI is InChI=1S/C25H29FO/c1-22-11-23(2)13-24(3,12-22)16-25(14-22,15-23)20-10-18(26)9-19(21(20)27)17-7-5-4-6-8-17/h4-10,27H,11-16H2,1-3H3. The van der Waals surface area contributed by atoms with E-state index in [0.717, 1.165) is 30.4 Å². The lowest BCUT2D eigenvalue weighted by Gasteiger charge is -2.69. The Kier molecular flexibility index (Phi) is 3.30. The van der Waals surface area contributed by atoms with Crippen LogP contribution in [0.3, 0.4) is 0 Å². The summed E-state index contributed by atoms with van der Waals surface area (Å²) in [6.07, 6.45) is 6.99. The predicted molar refractivity (Wildman–Crippen MR) is 107 cm³/mol. The average Bonchev–Trinajstić information content (AvgIpc) is 2.53. The van der Waals surface area contributed by atoms with Crippen molar-refractivity contribution in [2.75, 3.05) is 0 Å². The number of halogens is 1. The third-order valence-electron chi connectivity index (χ3n) is 7.59. The molecule has 0 amide bonds. The highest BCUT2D eigenvalue weighted by Gasteiger charge is 2.64. The molecule has 4 aliphatic rings. The first-order chi connectivity index (χ1) is 12.6. The van der Waals surface area contributed by atoms with Gasteiger partial charge in [0.1, 0.15) is 11.6 Å². The molecule has 0 atom stereocenters. The molecule has 0 unspecified atom stereocenters. The molecule has 1 N–H and O–H groups in total. The Bertz CT molecular complexity index is 862. The number of phenols is 1. The third kappa shape index (κ3) is 2.56. The van der Waals surface area contributed by atoms with E-state index in [-0.39, 0.29) is 11.2 Å². The number of hydrogen-bond acceptors (Lipinski definition) is 1. The van der Waals surface area contributed by atoms with E-state index in [9.17, 15) is 9.50 Å². The van der Waals surface area contributed by atoms with Crippen molar-refractivity contribution in [1.29, 1.82) is 0 Å². The SMILES string of the molecule is CC12CC3(C)CC(C)(C1)CC(c1cc(F)cc(-c4ccccc4)c1O)(C2)C3. The average molecular weight is 365 g/mol. The smallest absolute Gasteiger partial charge is 0.127 e. The summed E-state index contributed by atoms with van der Waals surface area (Å²) in [5.41, 5.74) is 3.13. The maximum Gasteiger partial charge on any atom is 0.127 e. The lowest BCUT2D eigenvalue weighted by atomic mass is 9.35. The van der Waals surface area contributed by atoms with Gasteiger partial charge < -0.3 is 5.11 Å². The molecule has 142 valence electrons. The normalized spacial score (nSPS) is 39.7. The Morgan fingerprint density at radius 2 is 1.30 bits per heavy atom. The van der Waals surface area contributed by atoms with Gasteiger partial charge in [-0.25, -0.2) is 4.39 Å². The fourth-order valence-electron chi connectivity index (χ4n) is 8.42. The molecule has 2 aromatic rings. The fraction of sp³-hybridized carbons (Fsp3) is 0.520. The highest BCUT2D eigenvalue weighted by atomic mass is 19.1. The molecule has 2 aromatic carbocycles. The van der Waals surface area contributed by atoms with E-state index < -0.39 is 0 Å². The second-order valence-electron chi connectivity index (χ2n) is 11.0. The summed E-state index contributed by atoms with van der Waals surface area (Å²) in [5.74, 6) is 0.0539. The maximum atomic E-state index is 14.8. The first kappa shape index (κ1) is 17.3. The van der Waals surface area contributed by atoms with E-state index in [2.05, 4.69) is 20.8 Å². The van der Waals surface area contributed by atoms with Gasteiger partial charge >= 0.3 is 0 Å². The van der Waals surface area contributed by atoms with Crippen LogP contribution in [0.5, 0.6) is 5.75 Å². The van der Waals surface area contributed by atoms with Gasteiger partial charge in [0.05, 0.1) is 0 Å². The lowest BCUT2D eigenvalue weighted by molar-refractivity contribution is -0.152. The Hall–Kier alpha value is -1.83. The quantitative estimate of drug-likeness (QED) is 0.619. The van der Waals surface area contributed by atoms with Gasteiger partial charge in [-0.2, -0.15) is 0 Å². The summed E-state index contributed by atoms with van der Waals surface area (Å²) in [6.45, 7) is 7.26. The van der Waals surface area contributed by atoms with Crippen molar-refractivity contribution in [2.24, 2.45) is 16.2 Å². The molecule has 0 spiro atoms. The summed E-state index contributed by atoms with van der Waals surface area (Å²) in [7, 11) is 0. The van der Waals surface area contributed by atoms with Crippen LogP contribution in [-0.4, -0.2) is 5.11 Å². The number of benzene rings is 2. The number of hydrogen-bond donors (Lipinski definition) is 1. The van der Waals surface area contributed by atoms with Gasteiger partial charge in [0.25, 0.3) is 0 Å². The largest absolute Gasteiger partial charge is 0.507 e. The molecule has 6 rings (SSSR count). The van der Waals surface area contributed by atoms with Gasteiger partial charge in [0.15, 0.2) is 0 Å². The summed E-state index contributed by atoms with van der Waals surface area (Å²) >= 11 is 0. The molecule has 2 heteroatoms. The molecule has 0 aromatic heterocycles. The van der Waals surface area contributed by atoms with E-state index in [0.29, 0.717) is 27.6 Å². The molecule has 1 nitrogen and oxygen atoms in total. The molecule has 4 bridgehead atoms. The van der Waals surface area contributed by atoms with Crippen LogP contribution in [-0.2, 0) is 5.41 Å². The maximum absolute atomic E-state index is 14.8. The highest BCUT2D eigenvalue weighted by Crippen LogP contribution is 2.74. The van der Waals surface area contributed by atoms with Gasteiger partial charge in [-0.1, -0.05) is 51.1 Å². The summed E-state index contributed by atoms with van der Waals surface area (Å²) < 4.78 is 14.8. The van der Waals surface area contributed by atoms with Crippen LogP contribution >= 0.6 is 0 Å². The van der Waals surface area contributed by atoms with Crippen LogP contribution in [0.15, 0.2) is 42.5 Å². The van der Waals surface area contributed by atoms with Crippen LogP contribution < -0.4 is 0 Å². The molecule has 4 fully saturated rings. The zero-order valence-electron chi connectivity index (χ0n) is 16.6. The van der Waals surface area contributed by atoms with Crippen molar-refractivity contribution in [3.8, 4) is 16.9 Å². The summed E-state index contributed by atoms with van der Waals surface area (Å²) in [5, 5.41) is 11.3. The number of aromatic hydroxyl groups is 1. The second kappa shape index (κ2) is 5.16. The fourth-order valence-corrected chi connectivity index (χ4v) is 8.42. The Morgan fingerprint density at radius 3 is 1.81 bits per heavy atom. The van der Waals surface area contributed by atoms with E-state index in [1.54, 1.807) is 6.07 Å². The molecular formula is C25H29FO. The topological polar surface area (TPSA) is 20.2 Å². The predicted octanol–water partition coefficient (Wildman–Crippen LogP) is 6.84. The van der Waals surface area contributed by atoms with Crippen molar-refractivity contribution < 1.29 is 9.50 Å². The first-order valence-corrected chi connectivity index (χ1v) is 10.2. The van der Waals surface area contributed by atoms with Gasteiger partial charge in [0.2, 0.25) is 0 Å². The van der Waals surface area contributed by atoms with Crippen molar-refractivity contribution in [3.63, 3.8) is 0 Å². The molecule has 0 heterocycles. The van der Waals surface area contributed by atoms with Gasteiger partial charge in [-0.3, -0.25) is 0 Å². The van der Waals surface area contributed by atoms with E-state index in [1.165, 1.54) is 25.3 Å². The van der Waals surface area contributed by atoms with Crippen LogP contribution in [0, 0.1) is 22.1 Å². The molecule has 27 heavy (non-hydrogen) atoms. The minimum Gasteiger partial charge on any atom is -0.507 e. The van der Waals surface area contributed by atoms with Gasteiger partial charge in [-0.05, 0) is 72.5 Å². The van der Waals surface area contributed by atoms with E-state index in [4.69, 9.17) is 0 Å². The van der Waals surface area contributed by atoms with E-state index >= 15 is 0 Å². The molecule has 4 aliphatic carbocycles. The van der Waals surface area contributed by atoms with Crippen molar-refractivity contribution >= 4 is 0 Å². The van der Waals surface area contributed by atoms with Crippen molar-refractivity contribution in [2.45, 2.75) is 64.7 Å². The molecule has 0 saturated heterocycles. The summed E-state index contributed by atoms with van der Waals surface area (Å²) in [4.78, 5) is 0. The highest BCUT2D eigenvalue weighted by molar-refractivity contribution is 5.72. The van der Waals surface area contributed by atoms with Crippen LogP contribution in [0.1, 0.15) is 64.9 Å². The minimum atomic E-state index is -0.238. The third-order valence-corrected chi connectivity index (χ3v) is 7.59. The zero-order valence-corrected chi connectivity index (χ0v) is 16.6. The second-order valence-corrected chi connectivity index (χ2v) is 11.0. The van der Waals surface area contributed by atoms with Crippen LogP contribution in [0.4, 0.5) is 4.39 Å². The molecule has 0 radical (unpaired) electrons. The van der Waals surface area contributed by atoms with Crippen molar-refractivity contribution in [3.05, 3.63) is 53.8 Å². The monoisotopic (exact) mass is 364 g/mol. The van der Waals surface area contributed by atoms with Crippen LogP contribution in [0.2, 0.25) is 0 Å². The molecular weight excluding hydrogens is 335 g/mol. The zero-order chi connectivity index (χ0) is 19.1. The van der Waals surface area contributed by atoms with Crippen LogP contribution in [0.25, 0.3) is 11.1 Å². The van der Waals surface area contributed by atoms with Gasteiger partial charge in [-0.15, -0.1) is 0 Å². The Labute approximate surface area is 161 Å². The summed E-state index contributed by atoms with van der Waals surface area (Å²) in [6, 6.07) is 12.8. The number of phenolic OH excluding ortho intramolecular Hbond substituents is 1. The number of rotatable bonds is 2. The van der Waals surface area contributed by atoms with E-state index in [1.807, 2.05) is 30.3 Å². The van der Waals surface area contributed by atoms with Gasteiger partial charge in [0, 0.05) is 16.5 Å². The minimum absolute atomic E-state index is 0.108. The Morgan fingerprint density at radius 1 is 0.778 bits per heavy atom. The van der Waals surface area contributed by atoms with Crippen molar-refractivity contribution in [1.82, 2.24) is 0 Å². The lowest BCUT2D eigenvalue weighted by Crippen LogP contribution is -2.60. The molecule has 0 aliphatic heterocycles. The Balaban J connectivity index is 1.70.